The molecule has 0 amide bonds. The number of benzene rings is 1. The van der Waals surface area contributed by atoms with Gasteiger partial charge in [0.1, 0.15) is 0 Å². The molecule has 2 heteroatoms. The minimum Gasteiger partial charge on any atom is -0.373 e. The van der Waals surface area contributed by atoms with Crippen molar-refractivity contribution in [2.75, 3.05) is 6.61 Å². The van der Waals surface area contributed by atoms with Crippen LogP contribution in [0.15, 0.2) is 30.3 Å². The molecule has 0 aliphatic carbocycles. The lowest BCUT2D eigenvalue weighted by molar-refractivity contribution is 0.00668. The predicted octanol–water partition coefficient (Wildman–Crippen LogP) is 1.87. The van der Waals surface area contributed by atoms with Gasteiger partial charge in [0.05, 0.1) is 6.10 Å². The average Bonchev–Trinajstić information content (AvgIpc) is 2.19. The first-order chi connectivity index (χ1) is 6.36. The molecule has 1 saturated heterocycles. The Morgan fingerprint density at radius 3 is 2.69 bits per heavy atom. The SMILES string of the molecule is N[C@@H]1CCOC(c2ccccc2)C1. The molecule has 1 aliphatic rings. The van der Waals surface area contributed by atoms with Crippen molar-refractivity contribution in [2.24, 2.45) is 5.73 Å². The Labute approximate surface area is 78.7 Å². The van der Waals surface area contributed by atoms with Crippen LogP contribution in [0.25, 0.3) is 0 Å². The van der Waals surface area contributed by atoms with Gasteiger partial charge in [0, 0.05) is 12.6 Å². The summed E-state index contributed by atoms with van der Waals surface area (Å²) in [5.41, 5.74) is 7.13. The molecule has 0 saturated carbocycles. The number of hydrogen-bond donors (Lipinski definition) is 1. The lowest BCUT2D eigenvalue weighted by Crippen LogP contribution is -2.30. The summed E-state index contributed by atoms with van der Waals surface area (Å²) in [5, 5.41) is 0. The summed E-state index contributed by atoms with van der Waals surface area (Å²) in [6.45, 7) is 0.792. The highest BCUT2D eigenvalue weighted by atomic mass is 16.5. The predicted molar refractivity (Wildman–Crippen MR) is 52.3 cm³/mol. The van der Waals surface area contributed by atoms with Crippen molar-refractivity contribution in [3.05, 3.63) is 35.9 Å². The number of ether oxygens (including phenoxy) is 1. The van der Waals surface area contributed by atoms with Gasteiger partial charge in [-0.25, -0.2) is 0 Å². The van der Waals surface area contributed by atoms with E-state index in [1.54, 1.807) is 0 Å². The van der Waals surface area contributed by atoms with Crippen molar-refractivity contribution in [2.45, 2.75) is 25.0 Å². The summed E-state index contributed by atoms with van der Waals surface area (Å²) >= 11 is 0. The van der Waals surface area contributed by atoms with Crippen LogP contribution in [0.2, 0.25) is 0 Å². The molecule has 1 unspecified atom stereocenters. The zero-order chi connectivity index (χ0) is 9.10. The first-order valence-corrected chi connectivity index (χ1v) is 4.78. The molecule has 2 N–H and O–H groups in total. The smallest absolute Gasteiger partial charge is 0.0839 e. The number of rotatable bonds is 1. The van der Waals surface area contributed by atoms with E-state index >= 15 is 0 Å². The maximum Gasteiger partial charge on any atom is 0.0839 e. The minimum atomic E-state index is 0.213. The van der Waals surface area contributed by atoms with Crippen LogP contribution in [0.4, 0.5) is 0 Å². The Kier molecular flexibility index (Phi) is 2.62. The Balaban J connectivity index is 2.08. The molecule has 2 rings (SSSR count). The van der Waals surface area contributed by atoms with Crippen molar-refractivity contribution in [1.29, 1.82) is 0 Å². The zero-order valence-corrected chi connectivity index (χ0v) is 7.65. The van der Waals surface area contributed by atoms with Crippen molar-refractivity contribution in [3.63, 3.8) is 0 Å². The quantitative estimate of drug-likeness (QED) is 0.710. The lowest BCUT2D eigenvalue weighted by atomic mass is 9.98. The van der Waals surface area contributed by atoms with E-state index in [9.17, 15) is 0 Å². The van der Waals surface area contributed by atoms with E-state index < -0.39 is 0 Å². The van der Waals surface area contributed by atoms with Crippen LogP contribution in [0.1, 0.15) is 24.5 Å². The van der Waals surface area contributed by atoms with Crippen LogP contribution in [-0.2, 0) is 4.74 Å². The van der Waals surface area contributed by atoms with Gasteiger partial charge in [-0.1, -0.05) is 30.3 Å². The Morgan fingerprint density at radius 2 is 2.00 bits per heavy atom. The molecule has 0 radical (unpaired) electrons. The van der Waals surface area contributed by atoms with E-state index in [0.29, 0.717) is 6.04 Å². The summed E-state index contributed by atoms with van der Waals surface area (Å²) in [5.74, 6) is 0. The van der Waals surface area contributed by atoms with E-state index in [1.165, 1.54) is 5.56 Å². The largest absolute Gasteiger partial charge is 0.373 e. The van der Waals surface area contributed by atoms with Crippen LogP contribution in [0, 0.1) is 0 Å². The second-order valence-electron chi connectivity index (χ2n) is 3.55. The Bertz CT molecular complexity index is 260. The summed E-state index contributed by atoms with van der Waals surface area (Å²) in [7, 11) is 0. The molecule has 13 heavy (non-hydrogen) atoms. The Morgan fingerprint density at radius 1 is 1.23 bits per heavy atom. The summed E-state index contributed by atoms with van der Waals surface area (Å²) in [6, 6.07) is 10.6. The molecule has 1 aromatic carbocycles. The third-order valence-electron chi connectivity index (χ3n) is 2.50. The highest BCUT2D eigenvalue weighted by molar-refractivity contribution is 5.18. The van der Waals surface area contributed by atoms with E-state index in [2.05, 4.69) is 12.1 Å². The molecule has 1 fully saturated rings. The summed E-state index contributed by atoms with van der Waals surface area (Å²) in [6.07, 6.45) is 2.15. The van der Waals surface area contributed by atoms with Gasteiger partial charge < -0.3 is 10.5 Å². The monoisotopic (exact) mass is 177 g/mol. The Hall–Kier alpha value is -0.860. The van der Waals surface area contributed by atoms with Crippen LogP contribution < -0.4 is 5.73 Å². The molecule has 70 valence electrons. The molecule has 1 aliphatic heterocycles. The second kappa shape index (κ2) is 3.90. The maximum absolute atomic E-state index is 5.88. The van der Waals surface area contributed by atoms with E-state index in [1.807, 2.05) is 18.2 Å². The summed E-state index contributed by atoms with van der Waals surface area (Å²) in [4.78, 5) is 0. The molecule has 2 atom stereocenters. The van der Waals surface area contributed by atoms with Crippen LogP contribution >= 0.6 is 0 Å². The molecule has 2 nitrogen and oxygen atoms in total. The lowest BCUT2D eigenvalue weighted by Gasteiger charge is -2.27. The fourth-order valence-electron chi connectivity index (χ4n) is 1.72. The molecule has 0 bridgehead atoms. The van der Waals surface area contributed by atoms with Gasteiger partial charge in [0.15, 0.2) is 0 Å². The van der Waals surface area contributed by atoms with Gasteiger partial charge in [0.2, 0.25) is 0 Å². The van der Waals surface area contributed by atoms with Gasteiger partial charge in [-0.2, -0.15) is 0 Å². The molecular formula is C11H15NO. The third-order valence-corrected chi connectivity index (χ3v) is 2.50. The fraction of sp³-hybridized carbons (Fsp3) is 0.455. The van der Waals surface area contributed by atoms with Gasteiger partial charge >= 0.3 is 0 Å². The highest BCUT2D eigenvalue weighted by Crippen LogP contribution is 2.26. The van der Waals surface area contributed by atoms with E-state index in [4.69, 9.17) is 10.5 Å². The van der Waals surface area contributed by atoms with Crippen molar-refractivity contribution in [3.8, 4) is 0 Å². The van der Waals surface area contributed by atoms with Crippen molar-refractivity contribution >= 4 is 0 Å². The standard InChI is InChI=1S/C11H15NO/c12-10-6-7-13-11(8-10)9-4-2-1-3-5-9/h1-5,10-11H,6-8,12H2/t10-,11?/m1/s1. The van der Waals surface area contributed by atoms with Crippen LogP contribution in [0.3, 0.4) is 0 Å². The topological polar surface area (TPSA) is 35.2 Å². The number of nitrogens with two attached hydrogens (primary N) is 1. The zero-order valence-electron chi connectivity index (χ0n) is 7.65. The first-order valence-electron chi connectivity index (χ1n) is 4.78. The minimum absolute atomic E-state index is 0.213. The van der Waals surface area contributed by atoms with Gasteiger partial charge in [0.25, 0.3) is 0 Å². The highest BCUT2D eigenvalue weighted by Gasteiger charge is 2.20. The van der Waals surface area contributed by atoms with Crippen molar-refractivity contribution < 1.29 is 4.74 Å². The normalized spacial score (nSPS) is 28.7. The first kappa shape index (κ1) is 8.73. The molecule has 0 spiro atoms. The van der Waals surface area contributed by atoms with Crippen LogP contribution in [0.5, 0.6) is 0 Å². The van der Waals surface area contributed by atoms with E-state index in [-0.39, 0.29) is 6.10 Å². The molecule has 1 heterocycles. The summed E-state index contributed by atoms with van der Waals surface area (Å²) < 4.78 is 5.65. The van der Waals surface area contributed by atoms with Crippen LogP contribution in [-0.4, -0.2) is 12.6 Å². The van der Waals surface area contributed by atoms with Gasteiger partial charge in [-0.05, 0) is 18.4 Å². The van der Waals surface area contributed by atoms with Crippen molar-refractivity contribution in [1.82, 2.24) is 0 Å². The molecule has 1 aromatic rings. The number of hydrogen-bond acceptors (Lipinski definition) is 2. The van der Waals surface area contributed by atoms with E-state index in [0.717, 1.165) is 19.4 Å². The third kappa shape index (κ3) is 2.08. The second-order valence-corrected chi connectivity index (χ2v) is 3.55. The van der Waals surface area contributed by atoms with Gasteiger partial charge in [-0.15, -0.1) is 0 Å². The average molecular weight is 177 g/mol. The maximum atomic E-state index is 5.88. The van der Waals surface area contributed by atoms with Gasteiger partial charge in [-0.3, -0.25) is 0 Å². The fourth-order valence-corrected chi connectivity index (χ4v) is 1.72. The molecular weight excluding hydrogens is 162 g/mol. The molecule has 0 aromatic heterocycles.